The summed E-state index contributed by atoms with van der Waals surface area (Å²) in [6.07, 6.45) is -5.02. The van der Waals surface area contributed by atoms with Crippen molar-refractivity contribution in [3.05, 3.63) is 47.3 Å². The zero-order valence-electron chi connectivity index (χ0n) is 12.2. The second-order valence-electron chi connectivity index (χ2n) is 5.45. The molecule has 1 amide bonds. The summed E-state index contributed by atoms with van der Waals surface area (Å²) in [6, 6.07) is 2.05. The molecule has 1 aromatic heterocycles. The summed E-state index contributed by atoms with van der Waals surface area (Å²) in [5, 5.41) is 11.3. The number of rotatable bonds is 2. The van der Waals surface area contributed by atoms with Crippen molar-refractivity contribution in [2.75, 3.05) is 5.32 Å². The molecule has 0 bridgehead atoms. The third-order valence-electron chi connectivity index (χ3n) is 3.78. The Balaban J connectivity index is 2.32. The molecule has 2 heterocycles. The molecule has 25 heavy (non-hydrogen) atoms. The van der Waals surface area contributed by atoms with Gasteiger partial charge < -0.3 is 15.0 Å². The molecular formula is C15H9F5N2O3. The maximum Gasteiger partial charge on any atom is 0.397 e. The van der Waals surface area contributed by atoms with E-state index in [1.807, 2.05) is 0 Å². The Kier molecular flexibility index (Phi) is 3.77. The van der Waals surface area contributed by atoms with E-state index in [2.05, 4.69) is 5.32 Å². The predicted octanol–water partition coefficient (Wildman–Crippen LogP) is 3.44. The van der Waals surface area contributed by atoms with Gasteiger partial charge in [0.1, 0.15) is 23.1 Å². The number of halogens is 5. The Morgan fingerprint density at radius 3 is 2.32 bits per heavy atom. The van der Waals surface area contributed by atoms with E-state index in [0.717, 1.165) is 22.9 Å². The number of amides is 1. The number of fused-ring (bicyclic) bond motifs is 1. The molecule has 0 unspecified atom stereocenters. The van der Waals surface area contributed by atoms with Gasteiger partial charge in [-0.15, -0.1) is 0 Å². The van der Waals surface area contributed by atoms with Crippen LogP contribution in [0.15, 0.2) is 24.4 Å². The lowest BCUT2D eigenvalue weighted by Gasteiger charge is -2.27. The smallest absolute Gasteiger partial charge is 0.397 e. The van der Waals surface area contributed by atoms with E-state index in [4.69, 9.17) is 0 Å². The summed E-state index contributed by atoms with van der Waals surface area (Å²) >= 11 is 0. The Hall–Kier alpha value is -2.91. The van der Waals surface area contributed by atoms with Gasteiger partial charge in [-0.05, 0) is 12.1 Å². The van der Waals surface area contributed by atoms with Crippen molar-refractivity contribution >= 4 is 17.6 Å². The van der Waals surface area contributed by atoms with Crippen LogP contribution in [0.4, 0.5) is 27.6 Å². The molecule has 1 aromatic carbocycles. The third-order valence-corrected chi connectivity index (χ3v) is 3.78. The Morgan fingerprint density at radius 2 is 1.80 bits per heavy atom. The molecule has 132 valence electrons. The Bertz CT molecular complexity index is 868. The molecule has 3 rings (SSSR count). The average molecular weight is 360 g/mol. The number of carboxylic acids is 1. The fourth-order valence-corrected chi connectivity index (χ4v) is 2.79. The molecule has 0 saturated carbocycles. The molecule has 10 heteroatoms. The van der Waals surface area contributed by atoms with Crippen molar-refractivity contribution in [1.82, 2.24) is 4.57 Å². The molecule has 2 aromatic rings. The second-order valence-corrected chi connectivity index (χ2v) is 5.45. The minimum absolute atomic E-state index is 0.327. The van der Waals surface area contributed by atoms with E-state index in [-0.39, 0.29) is 5.69 Å². The maximum absolute atomic E-state index is 13.4. The van der Waals surface area contributed by atoms with Gasteiger partial charge in [0.25, 0.3) is 0 Å². The Labute approximate surface area is 136 Å². The maximum atomic E-state index is 13.4. The summed E-state index contributed by atoms with van der Waals surface area (Å²) in [5.41, 5.74) is -2.06. The molecule has 1 aliphatic heterocycles. The van der Waals surface area contributed by atoms with Crippen LogP contribution in [-0.2, 0) is 4.79 Å². The molecule has 0 radical (unpaired) electrons. The first kappa shape index (κ1) is 16.9. The van der Waals surface area contributed by atoms with Gasteiger partial charge in [0, 0.05) is 18.7 Å². The first-order chi connectivity index (χ1) is 11.6. The van der Waals surface area contributed by atoms with Gasteiger partial charge in [0.05, 0.1) is 17.1 Å². The van der Waals surface area contributed by atoms with Crippen LogP contribution < -0.4 is 5.32 Å². The highest BCUT2D eigenvalue weighted by molar-refractivity contribution is 6.03. The number of carbonyl (C=O) groups is 2. The lowest BCUT2D eigenvalue weighted by molar-refractivity contribution is -0.157. The van der Waals surface area contributed by atoms with E-state index < -0.39 is 59.0 Å². The number of nitrogens with zero attached hydrogens (tertiary/aromatic N) is 1. The number of nitrogens with one attached hydrogen (secondary N) is 1. The van der Waals surface area contributed by atoms with Gasteiger partial charge in [0.15, 0.2) is 0 Å². The van der Waals surface area contributed by atoms with Gasteiger partial charge >= 0.3 is 12.1 Å². The summed E-state index contributed by atoms with van der Waals surface area (Å²) in [5.74, 6) is -6.98. The molecule has 2 N–H and O–H groups in total. The number of benzene rings is 1. The summed E-state index contributed by atoms with van der Waals surface area (Å²) < 4.78 is 67.7. The predicted molar refractivity (Wildman–Crippen MR) is 74.7 cm³/mol. The SMILES string of the molecule is O=C1C[C@H](C(F)(F)F)c2c(c(C(=O)O)cn2-c2cc(F)cc(F)c2)N1. The van der Waals surface area contributed by atoms with Crippen molar-refractivity contribution in [2.24, 2.45) is 0 Å². The topological polar surface area (TPSA) is 71.3 Å². The average Bonchev–Trinajstić information content (AvgIpc) is 2.83. The minimum atomic E-state index is -4.86. The number of carboxylic acid groups (broad SMARTS) is 1. The summed E-state index contributed by atoms with van der Waals surface area (Å²) in [7, 11) is 0. The van der Waals surface area contributed by atoms with Crippen LogP contribution in [0, 0.1) is 11.6 Å². The van der Waals surface area contributed by atoms with Crippen LogP contribution >= 0.6 is 0 Å². The first-order valence-corrected chi connectivity index (χ1v) is 6.89. The zero-order chi connectivity index (χ0) is 18.5. The highest BCUT2D eigenvalue weighted by Gasteiger charge is 2.48. The Morgan fingerprint density at radius 1 is 1.20 bits per heavy atom. The standard InChI is InChI=1S/C15H9F5N2O3/c16-6-1-7(17)3-8(2-6)22-5-9(14(24)25)12-13(22)10(15(18,19)20)4-11(23)21-12/h1-3,5,10H,4H2,(H,21,23)(H,24,25)/t10-/m0/s1. The lowest BCUT2D eigenvalue weighted by Crippen LogP contribution is -2.33. The number of hydrogen-bond donors (Lipinski definition) is 2. The lowest BCUT2D eigenvalue weighted by atomic mass is 9.94. The minimum Gasteiger partial charge on any atom is -0.478 e. The van der Waals surface area contributed by atoms with Gasteiger partial charge in [-0.2, -0.15) is 13.2 Å². The number of alkyl halides is 3. The van der Waals surface area contributed by atoms with E-state index >= 15 is 0 Å². The van der Waals surface area contributed by atoms with Crippen LogP contribution in [0.5, 0.6) is 0 Å². The number of hydrogen-bond acceptors (Lipinski definition) is 2. The van der Waals surface area contributed by atoms with Crippen LogP contribution in [0.25, 0.3) is 5.69 Å². The van der Waals surface area contributed by atoms with Crippen LogP contribution in [0.2, 0.25) is 0 Å². The fourth-order valence-electron chi connectivity index (χ4n) is 2.79. The molecule has 0 fully saturated rings. The number of anilines is 1. The molecule has 1 atom stereocenters. The van der Waals surface area contributed by atoms with Gasteiger partial charge in [0.2, 0.25) is 5.91 Å². The molecule has 1 aliphatic rings. The van der Waals surface area contributed by atoms with Gasteiger partial charge in [-0.3, -0.25) is 4.79 Å². The van der Waals surface area contributed by atoms with Crippen LogP contribution in [-0.4, -0.2) is 27.7 Å². The highest BCUT2D eigenvalue weighted by atomic mass is 19.4. The van der Waals surface area contributed by atoms with Crippen molar-refractivity contribution in [3.8, 4) is 5.69 Å². The quantitative estimate of drug-likeness (QED) is 0.806. The fraction of sp³-hybridized carbons (Fsp3) is 0.200. The molecule has 0 aliphatic carbocycles. The first-order valence-electron chi connectivity index (χ1n) is 6.89. The normalized spacial score (nSPS) is 17.2. The number of aromatic nitrogens is 1. The summed E-state index contributed by atoms with van der Waals surface area (Å²) in [6.45, 7) is 0. The number of aromatic carboxylic acids is 1. The zero-order valence-corrected chi connectivity index (χ0v) is 12.2. The van der Waals surface area contributed by atoms with Crippen LogP contribution in [0.1, 0.15) is 28.4 Å². The molecule has 5 nitrogen and oxygen atoms in total. The van der Waals surface area contributed by atoms with Gasteiger partial charge in [-0.25, -0.2) is 13.6 Å². The third kappa shape index (κ3) is 2.94. The van der Waals surface area contributed by atoms with Crippen molar-refractivity contribution < 1.29 is 36.6 Å². The molecular weight excluding hydrogens is 351 g/mol. The van der Waals surface area contributed by atoms with Crippen LogP contribution in [0.3, 0.4) is 0 Å². The van der Waals surface area contributed by atoms with E-state index in [0.29, 0.717) is 6.07 Å². The van der Waals surface area contributed by atoms with E-state index in [1.54, 1.807) is 0 Å². The van der Waals surface area contributed by atoms with Crippen molar-refractivity contribution in [2.45, 2.75) is 18.5 Å². The second kappa shape index (κ2) is 5.57. The van der Waals surface area contributed by atoms with E-state index in [9.17, 15) is 36.6 Å². The monoisotopic (exact) mass is 360 g/mol. The molecule has 0 spiro atoms. The summed E-state index contributed by atoms with van der Waals surface area (Å²) in [4.78, 5) is 22.9. The highest BCUT2D eigenvalue weighted by Crippen LogP contribution is 2.46. The van der Waals surface area contributed by atoms with E-state index in [1.165, 1.54) is 0 Å². The van der Waals surface area contributed by atoms with Crippen molar-refractivity contribution in [1.29, 1.82) is 0 Å². The van der Waals surface area contributed by atoms with Gasteiger partial charge in [-0.1, -0.05) is 0 Å². The largest absolute Gasteiger partial charge is 0.478 e. The molecule has 0 saturated heterocycles. The number of carbonyl (C=O) groups excluding carboxylic acids is 1. The van der Waals surface area contributed by atoms with Crippen molar-refractivity contribution in [3.63, 3.8) is 0 Å².